The smallest absolute Gasteiger partial charge is 0.0459 e. The Labute approximate surface area is 108 Å². The largest absolute Gasteiger partial charge is 0.412 e. The highest BCUT2D eigenvalue weighted by molar-refractivity contribution is 5.85. The highest BCUT2D eigenvalue weighted by atomic mass is 35.5. The molecule has 1 aromatic heterocycles. The molecule has 6 N–H and O–H groups in total. The number of nitrogens with zero attached hydrogens (tertiary/aromatic N) is 1. The lowest BCUT2D eigenvalue weighted by atomic mass is 9.92. The van der Waals surface area contributed by atoms with Gasteiger partial charge in [0.25, 0.3) is 0 Å². The van der Waals surface area contributed by atoms with Crippen molar-refractivity contribution in [2.75, 3.05) is 5.73 Å². The lowest BCUT2D eigenvalue weighted by Gasteiger charge is -2.19. The number of anilines is 1. The molecule has 0 unspecified atom stereocenters. The lowest BCUT2D eigenvalue weighted by Crippen LogP contribution is -2.12. The summed E-state index contributed by atoms with van der Waals surface area (Å²) in [6.07, 6.45) is 8.42. The van der Waals surface area contributed by atoms with Gasteiger partial charge in [0.1, 0.15) is 0 Å². The lowest BCUT2D eigenvalue weighted by molar-refractivity contribution is 0.665. The van der Waals surface area contributed by atoms with Gasteiger partial charge in [0.2, 0.25) is 0 Å². The van der Waals surface area contributed by atoms with Crippen molar-refractivity contribution in [1.82, 2.24) is 4.98 Å². The van der Waals surface area contributed by atoms with Crippen molar-refractivity contribution < 1.29 is 11.0 Å². The van der Waals surface area contributed by atoms with Crippen molar-refractivity contribution in [3.05, 3.63) is 22.5 Å². The number of rotatable bonds is 0. The van der Waals surface area contributed by atoms with E-state index in [4.69, 9.17) is 10.7 Å². The number of hydrogen-bond acceptors (Lipinski definition) is 2. The molecule has 17 heavy (non-hydrogen) atoms. The maximum atomic E-state index is 6.22. The van der Waals surface area contributed by atoms with E-state index in [0.717, 1.165) is 31.4 Å². The van der Waals surface area contributed by atoms with E-state index < -0.39 is 0 Å². The summed E-state index contributed by atoms with van der Waals surface area (Å²) in [5.41, 5.74) is 12.6. The van der Waals surface area contributed by atoms with Crippen molar-refractivity contribution >= 4 is 18.1 Å². The fourth-order valence-electron chi connectivity index (χ4n) is 2.79. The van der Waals surface area contributed by atoms with E-state index in [-0.39, 0.29) is 23.4 Å². The Morgan fingerprint density at radius 1 is 0.765 bits per heavy atom. The molecule has 0 aliphatic heterocycles. The normalized spacial score (nSPS) is 15.8. The number of aromatic nitrogens is 1. The Kier molecular flexibility index (Phi) is 5.88. The second-order valence-corrected chi connectivity index (χ2v) is 4.44. The van der Waals surface area contributed by atoms with Gasteiger partial charge in [-0.15, -0.1) is 12.4 Å². The van der Waals surface area contributed by atoms with Crippen LogP contribution in [0.1, 0.15) is 41.8 Å². The van der Waals surface area contributed by atoms with E-state index in [1.165, 1.54) is 41.8 Å². The summed E-state index contributed by atoms with van der Waals surface area (Å²) >= 11 is 0. The summed E-state index contributed by atoms with van der Waals surface area (Å²) in [5.74, 6) is 0. The summed E-state index contributed by atoms with van der Waals surface area (Å²) in [6, 6.07) is 0. The van der Waals surface area contributed by atoms with Crippen LogP contribution in [-0.4, -0.2) is 15.9 Å². The maximum Gasteiger partial charge on any atom is 0.0459 e. The van der Waals surface area contributed by atoms with E-state index >= 15 is 0 Å². The van der Waals surface area contributed by atoms with Crippen molar-refractivity contribution in [3.63, 3.8) is 0 Å². The van der Waals surface area contributed by atoms with Crippen LogP contribution in [0.2, 0.25) is 0 Å². The van der Waals surface area contributed by atoms with Crippen LogP contribution >= 0.6 is 12.4 Å². The van der Waals surface area contributed by atoms with Gasteiger partial charge < -0.3 is 16.7 Å². The van der Waals surface area contributed by atoms with Crippen molar-refractivity contribution in [2.24, 2.45) is 0 Å². The van der Waals surface area contributed by atoms with Crippen molar-refractivity contribution in [1.29, 1.82) is 0 Å². The molecule has 0 saturated carbocycles. The number of nitrogens with two attached hydrogens (primary N) is 1. The first-order valence-electron chi connectivity index (χ1n) is 5.65. The third-order valence-corrected chi connectivity index (χ3v) is 3.55. The number of aryl methyl sites for hydroxylation is 2. The molecule has 0 spiro atoms. The molecule has 0 amide bonds. The summed E-state index contributed by atoms with van der Waals surface area (Å²) in [6.45, 7) is 0. The Morgan fingerprint density at radius 3 is 1.88 bits per heavy atom. The topological polar surface area (TPSA) is 102 Å². The minimum atomic E-state index is 0. The van der Waals surface area contributed by atoms with Crippen LogP contribution in [0.5, 0.6) is 0 Å². The summed E-state index contributed by atoms with van der Waals surface area (Å²) in [5, 5.41) is 0. The molecular formula is C12H21ClN2O2. The minimum absolute atomic E-state index is 0. The van der Waals surface area contributed by atoms with Gasteiger partial charge in [0, 0.05) is 17.1 Å². The Bertz CT molecular complexity index is 397. The molecule has 3 rings (SSSR count). The van der Waals surface area contributed by atoms with E-state index in [9.17, 15) is 0 Å². The Hall–Kier alpha value is -0.840. The Morgan fingerprint density at radius 2 is 1.24 bits per heavy atom. The van der Waals surface area contributed by atoms with Gasteiger partial charge in [-0.25, -0.2) is 0 Å². The summed E-state index contributed by atoms with van der Waals surface area (Å²) in [4.78, 5) is 4.77. The van der Waals surface area contributed by atoms with Crippen LogP contribution in [0.3, 0.4) is 0 Å². The first-order chi connectivity index (χ1) is 6.86. The standard InChI is InChI=1S/C12H16N2.ClH.2H2O/c13-12-8-4-1-2-6-10(8)14-11-7-3-5-9(11)12;;;/h1-7H2,(H2,13,14);1H;2*1H2. The summed E-state index contributed by atoms with van der Waals surface area (Å²) in [7, 11) is 0. The molecule has 0 fully saturated rings. The van der Waals surface area contributed by atoms with Gasteiger partial charge in [-0.2, -0.15) is 0 Å². The van der Waals surface area contributed by atoms with Crippen LogP contribution < -0.4 is 5.73 Å². The van der Waals surface area contributed by atoms with Crippen LogP contribution in [0.25, 0.3) is 0 Å². The SMILES string of the molecule is Cl.Nc1c2c(nc3c1CCC3)CCCC2.O.O. The van der Waals surface area contributed by atoms with Gasteiger partial charge >= 0.3 is 0 Å². The fourth-order valence-corrected chi connectivity index (χ4v) is 2.79. The molecule has 1 aromatic rings. The number of hydrogen-bond donors (Lipinski definition) is 1. The molecule has 4 nitrogen and oxygen atoms in total. The minimum Gasteiger partial charge on any atom is -0.412 e. The molecule has 0 radical (unpaired) electrons. The van der Waals surface area contributed by atoms with Gasteiger partial charge in [0.15, 0.2) is 0 Å². The van der Waals surface area contributed by atoms with E-state index in [1.54, 1.807) is 0 Å². The zero-order valence-electron chi connectivity index (χ0n) is 9.88. The summed E-state index contributed by atoms with van der Waals surface area (Å²) < 4.78 is 0. The zero-order valence-corrected chi connectivity index (χ0v) is 10.7. The van der Waals surface area contributed by atoms with Gasteiger partial charge in [-0.3, -0.25) is 4.98 Å². The first-order valence-corrected chi connectivity index (χ1v) is 5.65. The number of halogens is 1. The highest BCUT2D eigenvalue weighted by Crippen LogP contribution is 2.33. The fraction of sp³-hybridized carbons (Fsp3) is 0.583. The third-order valence-electron chi connectivity index (χ3n) is 3.55. The van der Waals surface area contributed by atoms with Crippen LogP contribution in [0, 0.1) is 0 Å². The number of pyridine rings is 1. The third kappa shape index (κ3) is 2.54. The quantitative estimate of drug-likeness (QED) is 0.746. The highest BCUT2D eigenvalue weighted by Gasteiger charge is 2.22. The second-order valence-electron chi connectivity index (χ2n) is 4.44. The average molecular weight is 261 g/mol. The molecule has 1 heterocycles. The molecule has 2 aliphatic rings. The molecule has 0 aromatic carbocycles. The van der Waals surface area contributed by atoms with Gasteiger partial charge in [0.05, 0.1) is 0 Å². The molecular weight excluding hydrogens is 240 g/mol. The Balaban J connectivity index is 0.000000853. The predicted molar refractivity (Wildman–Crippen MR) is 71.8 cm³/mol. The molecule has 0 atom stereocenters. The molecule has 2 aliphatic carbocycles. The molecule has 5 heteroatoms. The van der Waals surface area contributed by atoms with E-state index in [2.05, 4.69) is 0 Å². The van der Waals surface area contributed by atoms with Gasteiger partial charge in [-0.05, 0) is 56.1 Å². The van der Waals surface area contributed by atoms with E-state index in [1.807, 2.05) is 0 Å². The predicted octanol–water partition coefficient (Wildman–Crippen LogP) is 0.804. The van der Waals surface area contributed by atoms with Crippen LogP contribution in [-0.2, 0) is 25.7 Å². The number of nitrogen functional groups attached to an aromatic ring is 1. The monoisotopic (exact) mass is 260 g/mol. The van der Waals surface area contributed by atoms with Crippen LogP contribution in [0.4, 0.5) is 5.69 Å². The number of fused-ring (bicyclic) bond motifs is 2. The second kappa shape index (κ2) is 6.19. The van der Waals surface area contributed by atoms with Crippen molar-refractivity contribution in [2.45, 2.75) is 44.9 Å². The molecule has 0 bridgehead atoms. The first kappa shape index (κ1) is 16.2. The molecule has 0 saturated heterocycles. The van der Waals surface area contributed by atoms with Gasteiger partial charge in [-0.1, -0.05) is 0 Å². The maximum absolute atomic E-state index is 6.22. The van der Waals surface area contributed by atoms with E-state index in [0.29, 0.717) is 0 Å². The zero-order chi connectivity index (χ0) is 9.54. The van der Waals surface area contributed by atoms with Crippen molar-refractivity contribution in [3.8, 4) is 0 Å². The van der Waals surface area contributed by atoms with Crippen LogP contribution in [0.15, 0.2) is 0 Å². The molecule has 98 valence electrons. The average Bonchev–Trinajstić information content (AvgIpc) is 2.66.